The van der Waals surface area contributed by atoms with Crippen molar-refractivity contribution in [2.75, 3.05) is 0 Å². The summed E-state index contributed by atoms with van der Waals surface area (Å²) in [7, 11) is -0.287. The van der Waals surface area contributed by atoms with Crippen LogP contribution in [0.1, 0.15) is 24.5 Å². The first-order chi connectivity index (χ1) is 5.90. The van der Waals surface area contributed by atoms with Gasteiger partial charge in [0.15, 0.2) is 0 Å². The van der Waals surface area contributed by atoms with Crippen molar-refractivity contribution >= 4 is 7.69 Å². The van der Waals surface area contributed by atoms with E-state index in [0.717, 1.165) is 5.69 Å². The third kappa shape index (κ3) is 1.59. The third-order valence-electron chi connectivity index (χ3n) is 1.99. The number of hydrogen-bond acceptors (Lipinski definition) is 3. The van der Waals surface area contributed by atoms with Crippen LogP contribution in [-0.4, -0.2) is 17.7 Å². The first kappa shape index (κ1) is 7.62. The van der Waals surface area contributed by atoms with Crippen LogP contribution in [0, 0.1) is 0 Å². The van der Waals surface area contributed by atoms with E-state index in [-0.39, 0.29) is 7.69 Å². The van der Waals surface area contributed by atoms with E-state index in [2.05, 4.69) is 4.98 Å². The molecule has 12 heavy (non-hydrogen) atoms. The van der Waals surface area contributed by atoms with Gasteiger partial charge in [-0.1, -0.05) is 0 Å². The predicted octanol–water partition coefficient (Wildman–Crippen LogP) is 0.597. The van der Waals surface area contributed by atoms with Crippen molar-refractivity contribution in [2.24, 2.45) is 0 Å². The SMILES string of the molecule is OBOc1ccc(C2CC2)nc1. The molecule has 1 fully saturated rings. The first-order valence-corrected chi connectivity index (χ1v) is 4.10. The highest BCUT2D eigenvalue weighted by molar-refractivity contribution is 6.17. The molecule has 1 aliphatic carbocycles. The van der Waals surface area contributed by atoms with Crippen LogP contribution in [0.15, 0.2) is 18.3 Å². The largest absolute Gasteiger partial charge is 0.538 e. The molecule has 1 aromatic heterocycles. The highest BCUT2D eigenvalue weighted by atomic mass is 16.5. The van der Waals surface area contributed by atoms with E-state index in [4.69, 9.17) is 9.68 Å². The Hall–Kier alpha value is -1.03. The van der Waals surface area contributed by atoms with E-state index >= 15 is 0 Å². The minimum Gasteiger partial charge on any atom is -0.538 e. The molecule has 0 atom stereocenters. The van der Waals surface area contributed by atoms with Crippen molar-refractivity contribution in [3.63, 3.8) is 0 Å². The van der Waals surface area contributed by atoms with Gasteiger partial charge in [0.25, 0.3) is 0 Å². The van der Waals surface area contributed by atoms with Crippen molar-refractivity contribution < 1.29 is 9.68 Å². The minimum atomic E-state index is -0.287. The van der Waals surface area contributed by atoms with Gasteiger partial charge < -0.3 is 9.68 Å². The molecule has 0 saturated heterocycles. The monoisotopic (exact) mass is 163 g/mol. The number of pyridine rings is 1. The van der Waals surface area contributed by atoms with Crippen molar-refractivity contribution in [2.45, 2.75) is 18.8 Å². The first-order valence-electron chi connectivity index (χ1n) is 4.10. The highest BCUT2D eigenvalue weighted by Gasteiger charge is 2.24. The molecule has 2 rings (SSSR count). The second-order valence-corrected chi connectivity index (χ2v) is 2.97. The van der Waals surface area contributed by atoms with Crippen LogP contribution in [-0.2, 0) is 0 Å². The maximum absolute atomic E-state index is 8.46. The van der Waals surface area contributed by atoms with Crippen LogP contribution in [0.5, 0.6) is 5.75 Å². The van der Waals surface area contributed by atoms with Crippen molar-refractivity contribution in [1.82, 2.24) is 4.98 Å². The molecule has 1 aromatic rings. The summed E-state index contributed by atoms with van der Waals surface area (Å²) in [4.78, 5) is 4.22. The molecule has 1 aliphatic rings. The Labute approximate surface area is 71.7 Å². The topological polar surface area (TPSA) is 42.4 Å². The van der Waals surface area contributed by atoms with Crippen LogP contribution in [0.3, 0.4) is 0 Å². The molecule has 1 N–H and O–H groups in total. The highest BCUT2D eigenvalue weighted by Crippen LogP contribution is 2.38. The Bertz CT molecular complexity index is 258. The standard InChI is InChI=1S/C8H10BNO2/c11-9-12-7-3-4-8(10-5-7)6-1-2-6/h3-6,9,11H,1-2H2. The molecular formula is C8H10BNO2. The molecule has 0 aliphatic heterocycles. The summed E-state index contributed by atoms with van der Waals surface area (Å²) in [5, 5.41) is 8.46. The van der Waals surface area contributed by atoms with Crippen LogP contribution in [0.25, 0.3) is 0 Å². The normalized spacial score (nSPS) is 15.8. The van der Waals surface area contributed by atoms with Gasteiger partial charge in [-0.15, -0.1) is 0 Å². The molecule has 0 amide bonds. The van der Waals surface area contributed by atoms with Gasteiger partial charge in [-0.3, -0.25) is 4.98 Å². The van der Waals surface area contributed by atoms with Gasteiger partial charge in [0.05, 0.1) is 6.20 Å². The van der Waals surface area contributed by atoms with E-state index in [9.17, 15) is 0 Å². The summed E-state index contributed by atoms with van der Waals surface area (Å²) < 4.78 is 4.85. The van der Waals surface area contributed by atoms with Crippen molar-refractivity contribution in [3.05, 3.63) is 24.0 Å². The quantitative estimate of drug-likeness (QED) is 0.663. The zero-order chi connectivity index (χ0) is 8.39. The van der Waals surface area contributed by atoms with Gasteiger partial charge >= 0.3 is 7.69 Å². The summed E-state index contributed by atoms with van der Waals surface area (Å²) in [6, 6.07) is 3.81. The zero-order valence-electron chi connectivity index (χ0n) is 6.73. The number of nitrogens with zero attached hydrogens (tertiary/aromatic N) is 1. The lowest BCUT2D eigenvalue weighted by Crippen LogP contribution is -2.00. The zero-order valence-corrected chi connectivity index (χ0v) is 6.73. The molecule has 1 saturated carbocycles. The lowest BCUT2D eigenvalue weighted by Gasteiger charge is -2.01. The van der Waals surface area contributed by atoms with Crippen LogP contribution in [0.4, 0.5) is 0 Å². The molecule has 1 heterocycles. The summed E-state index contributed by atoms with van der Waals surface area (Å²) >= 11 is 0. The average molecular weight is 163 g/mol. The van der Waals surface area contributed by atoms with E-state index in [0.29, 0.717) is 11.7 Å². The van der Waals surface area contributed by atoms with Crippen LogP contribution in [0.2, 0.25) is 0 Å². The summed E-state index contributed by atoms with van der Waals surface area (Å²) in [6.07, 6.45) is 4.17. The fourth-order valence-electron chi connectivity index (χ4n) is 1.17. The Kier molecular flexibility index (Phi) is 2.00. The summed E-state index contributed by atoms with van der Waals surface area (Å²) in [5.74, 6) is 1.30. The molecule has 4 heteroatoms. The number of hydrogen-bond donors (Lipinski definition) is 1. The molecule has 0 bridgehead atoms. The average Bonchev–Trinajstić information content (AvgIpc) is 2.89. The number of rotatable bonds is 3. The van der Waals surface area contributed by atoms with Gasteiger partial charge in [0.1, 0.15) is 5.75 Å². The van der Waals surface area contributed by atoms with Gasteiger partial charge in [-0.25, -0.2) is 0 Å². The van der Waals surface area contributed by atoms with Crippen LogP contribution < -0.4 is 4.65 Å². The van der Waals surface area contributed by atoms with Gasteiger partial charge in [-0.2, -0.15) is 0 Å². The maximum atomic E-state index is 8.46. The lowest BCUT2D eigenvalue weighted by atomic mass is 10.2. The fraction of sp³-hybridized carbons (Fsp3) is 0.375. The van der Waals surface area contributed by atoms with E-state index in [1.807, 2.05) is 12.1 Å². The number of aromatic nitrogens is 1. The third-order valence-corrected chi connectivity index (χ3v) is 1.99. The van der Waals surface area contributed by atoms with E-state index in [1.54, 1.807) is 6.20 Å². The molecule has 0 aromatic carbocycles. The van der Waals surface area contributed by atoms with Crippen molar-refractivity contribution in [1.29, 1.82) is 0 Å². The Morgan fingerprint density at radius 3 is 2.83 bits per heavy atom. The minimum absolute atomic E-state index is 0.287. The molecule has 0 radical (unpaired) electrons. The second kappa shape index (κ2) is 3.15. The summed E-state index contributed by atoms with van der Waals surface area (Å²) in [5.41, 5.74) is 1.14. The van der Waals surface area contributed by atoms with Gasteiger partial charge in [0, 0.05) is 11.6 Å². The van der Waals surface area contributed by atoms with Gasteiger partial charge in [0.2, 0.25) is 0 Å². The van der Waals surface area contributed by atoms with Gasteiger partial charge in [-0.05, 0) is 25.0 Å². The summed E-state index contributed by atoms with van der Waals surface area (Å²) in [6.45, 7) is 0. The Balaban J connectivity index is 2.08. The fourth-order valence-corrected chi connectivity index (χ4v) is 1.17. The van der Waals surface area contributed by atoms with E-state index in [1.165, 1.54) is 12.8 Å². The smallest absolute Gasteiger partial charge is 0.504 e. The second-order valence-electron chi connectivity index (χ2n) is 2.97. The van der Waals surface area contributed by atoms with E-state index < -0.39 is 0 Å². The molecule has 62 valence electrons. The molecular weight excluding hydrogens is 153 g/mol. The molecule has 3 nitrogen and oxygen atoms in total. The Morgan fingerprint density at radius 1 is 1.50 bits per heavy atom. The van der Waals surface area contributed by atoms with Crippen LogP contribution >= 0.6 is 0 Å². The molecule has 0 unspecified atom stereocenters. The predicted molar refractivity (Wildman–Crippen MR) is 46.2 cm³/mol. The lowest BCUT2D eigenvalue weighted by molar-refractivity contribution is 0.452. The maximum Gasteiger partial charge on any atom is 0.504 e. The van der Waals surface area contributed by atoms with Crippen molar-refractivity contribution in [3.8, 4) is 5.75 Å². The molecule has 0 spiro atoms. The Morgan fingerprint density at radius 2 is 2.33 bits per heavy atom.